The van der Waals surface area contributed by atoms with Gasteiger partial charge in [-0.3, -0.25) is 4.57 Å². The second-order valence-electron chi connectivity index (χ2n) is 6.18. The number of thioether (sulfide) groups is 1. The van der Waals surface area contributed by atoms with Crippen LogP contribution in [-0.4, -0.2) is 24.7 Å². The molecule has 0 N–H and O–H groups in total. The van der Waals surface area contributed by atoms with Crippen LogP contribution in [0, 0.1) is 20.8 Å². The lowest BCUT2D eigenvalue weighted by Gasteiger charge is -2.11. The van der Waals surface area contributed by atoms with Crippen molar-refractivity contribution in [3.63, 3.8) is 0 Å². The van der Waals surface area contributed by atoms with Gasteiger partial charge in [-0.1, -0.05) is 42.1 Å². The first-order chi connectivity index (χ1) is 12.6. The fraction of sp³-hybridized carbons (Fsp3) is 0.200. The van der Waals surface area contributed by atoms with Crippen LogP contribution in [0.4, 0.5) is 0 Å². The number of para-hydroxylation sites is 3. The standard InChI is InChI=1S/C20H19N5S/c1-13-8-4-7-11-19(13)25-15(3)23-24-20(25)26-12-18-14(2)21-16-9-5-6-10-17(16)22-18/h4-11H,12H2,1-3H3. The van der Waals surface area contributed by atoms with Crippen LogP contribution in [0.15, 0.2) is 53.7 Å². The van der Waals surface area contributed by atoms with Gasteiger partial charge in [-0.2, -0.15) is 0 Å². The minimum absolute atomic E-state index is 0.702. The smallest absolute Gasteiger partial charge is 0.196 e. The van der Waals surface area contributed by atoms with E-state index >= 15 is 0 Å². The third-order valence-corrected chi connectivity index (χ3v) is 5.27. The highest BCUT2D eigenvalue weighted by Crippen LogP contribution is 2.27. The molecule has 0 spiro atoms. The van der Waals surface area contributed by atoms with Gasteiger partial charge >= 0.3 is 0 Å². The zero-order valence-corrected chi connectivity index (χ0v) is 15.8. The predicted molar refractivity (Wildman–Crippen MR) is 105 cm³/mol. The van der Waals surface area contributed by atoms with E-state index in [1.807, 2.05) is 50.2 Å². The molecule has 0 radical (unpaired) electrons. The Morgan fingerprint density at radius 2 is 1.54 bits per heavy atom. The van der Waals surface area contributed by atoms with Crippen molar-refractivity contribution >= 4 is 22.8 Å². The Morgan fingerprint density at radius 3 is 2.31 bits per heavy atom. The molecule has 0 fully saturated rings. The van der Waals surface area contributed by atoms with Gasteiger partial charge in [0.2, 0.25) is 0 Å². The topological polar surface area (TPSA) is 56.5 Å². The van der Waals surface area contributed by atoms with Gasteiger partial charge in [0.05, 0.1) is 28.1 Å². The summed E-state index contributed by atoms with van der Waals surface area (Å²) in [6.45, 7) is 6.08. The van der Waals surface area contributed by atoms with Crippen molar-refractivity contribution in [3.8, 4) is 5.69 Å². The molecule has 6 heteroatoms. The highest BCUT2D eigenvalue weighted by molar-refractivity contribution is 7.98. The fourth-order valence-corrected chi connectivity index (χ4v) is 3.92. The van der Waals surface area contributed by atoms with E-state index in [4.69, 9.17) is 4.98 Å². The Bertz CT molecular complexity index is 1090. The molecule has 0 aliphatic heterocycles. The van der Waals surface area contributed by atoms with Crippen molar-refractivity contribution in [2.45, 2.75) is 31.7 Å². The quantitative estimate of drug-likeness (QED) is 0.503. The van der Waals surface area contributed by atoms with Crippen LogP contribution >= 0.6 is 11.8 Å². The minimum atomic E-state index is 0.702. The summed E-state index contributed by atoms with van der Waals surface area (Å²) in [5.74, 6) is 1.58. The molecular weight excluding hydrogens is 342 g/mol. The summed E-state index contributed by atoms with van der Waals surface area (Å²) in [5.41, 5.74) is 6.08. The molecule has 0 aliphatic rings. The predicted octanol–water partition coefficient (Wildman–Crippen LogP) is 4.43. The van der Waals surface area contributed by atoms with Crippen molar-refractivity contribution in [3.05, 3.63) is 71.3 Å². The molecule has 130 valence electrons. The fourth-order valence-electron chi connectivity index (χ4n) is 2.92. The van der Waals surface area contributed by atoms with E-state index in [1.165, 1.54) is 5.56 Å². The number of hydrogen-bond acceptors (Lipinski definition) is 5. The molecule has 0 atom stereocenters. The third kappa shape index (κ3) is 3.08. The molecule has 0 aliphatic carbocycles. The molecule has 0 amide bonds. The largest absolute Gasteiger partial charge is 0.274 e. The molecule has 4 rings (SSSR count). The Kier molecular flexibility index (Phi) is 4.42. The van der Waals surface area contributed by atoms with Crippen LogP contribution in [0.5, 0.6) is 0 Å². The summed E-state index contributed by atoms with van der Waals surface area (Å²) in [7, 11) is 0. The second-order valence-corrected chi connectivity index (χ2v) is 7.13. The van der Waals surface area contributed by atoms with Gasteiger partial charge in [-0.25, -0.2) is 9.97 Å². The lowest BCUT2D eigenvalue weighted by Crippen LogP contribution is -2.02. The lowest BCUT2D eigenvalue weighted by molar-refractivity contribution is 0.861. The molecule has 2 aromatic carbocycles. The van der Waals surface area contributed by atoms with E-state index < -0.39 is 0 Å². The normalized spacial score (nSPS) is 11.2. The van der Waals surface area contributed by atoms with Crippen molar-refractivity contribution in [2.75, 3.05) is 0 Å². The van der Waals surface area contributed by atoms with Gasteiger partial charge in [0.1, 0.15) is 5.82 Å². The van der Waals surface area contributed by atoms with Gasteiger partial charge in [0, 0.05) is 5.75 Å². The maximum atomic E-state index is 4.78. The molecule has 5 nitrogen and oxygen atoms in total. The molecule has 0 saturated carbocycles. The SMILES string of the molecule is Cc1ccccc1-n1c(C)nnc1SCc1nc2ccccc2nc1C. The number of aromatic nitrogens is 5. The number of hydrogen-bond donors (Lipinski definition) is 0. The minimum Gasteiger partial charge on any atom is -0.274 e. The third-order valence-electron chi connectivity index (χ3n) is 4.33. The number of nitrogens with zero attached hydrogens (tertiary/aromatic N) is 5. The summed E-state index contributed by atoms with van der Waals surface area (Å²) < 4.78 is 2.10. The van der Waals surface area contributed by atoms with E-state index in [9.17, 15) is 0 Å². The average molecular weight is 361 g/mol. The lowest BCUT2D eigenvalue weighted by atomic mass is 10.2. The number of benzene rings is 2. The van der Waals surface area contributed by atoms with E-state index in [0.29, 0.717) is 5.75 Å². The molecule has 0 unspecified atom stereocenters. The summed E-state index contributed by atoms with van der Waals surface area (Å²) >= 11 is 1.63. The Balaban J connectivity index is 1.66. The van der Waals surface area contributed by atoms with Crippen molar-refractivity contribution in [1.29, 1.82) is 0 Å². The van der Waals surface area contributed by atoms with Crippen LogP contribution in [0.25, 0.3) is 16.7 Å². The Morgan fingerprint density at radius 1 is 0.846 bits per heavy atom. The van der Waals surface area contributed by atoms with Crippen LogP contribution in [0.3, 0.4) is 0 Å². The van der Waals surface area contributed by atoms with Gasteiger partial charge in [0.25, 0.3) is 0 Å². The molecule has 26 heavy (non-hydrogen) atoms. The first kappa shape index (κ1) is 16.7. The van der Waals surface area contributed by atoms with Gasteiger partial charge in [-0.05, 0) is 44.5 Å². The zero-order chi connectivity index (χ0) is 18.1. The highest BCUT2D eigenvalue weighted by Gasteiger charge is 2.14. The number of rotatable bonds is 4. The van der Waals surface area contributed by atoms with Crippen LogP contribution in [-0.2, 0) is 5.75 Å². The van der Waals surface area contributed by atoms with Gasteiger partial charge in [-0.15, -0.1) is 10.2 Å². The summed E-state index contributed by atoms with van der Waals surface area (Å²) in [6, 6.07) is 16.2. The van der Waals surface area contributed by atoms with E-state index in [0.717, 1.165) is 39.1 Å². The van der Waals surface area contributed by atoms with Gasteiger partial charge in [0.15, 0.2) is 5.16 Å². The van der Waals surface area contributed by atoms with E-state index in [-0.39, 0.29) is 0 Å². The molecule has 2 heterocycles. The first-order valence-corrected chi connectivity index (χ1v) is 9.45. The highest BCUT2D eigenvalue weighted by atomic mass is 32.2. The number of fused-ring (bicyclic) bond motifs is 1. The average Bonchev–Trinajstić information content (AvgIpc) is 3.01. The van der Waals surface area contributed by atoms with Gasteiger partial charge < -0.3 is 0 Å². The maximum absolute atomic E-state index is 4.78. The van der Waals surface area contributed by atoms with Crippen molar-refractivity contribution in [1.82, 2.24) is 24.7 Å². The summed E-state index contributed by atoms with van der Waals surface area (Å²) in [6.07, 6.45) is 0. The summed E-state index contributed by atoms with van der Waals surface area (Å²) in [5, 5.41) is 9.51. The molecular formula is C20H19N5S. The van der Waals surface area contributed by atoms with E-state index in [1.54, 1.807) is 11.8 Å². The van der Waals surface area contributed by atoms with Crippen LogP contribution in [0.2, 0.25) is 0 Å². The van der Waals surface area contributed by atoms with E-state index in [2.05, 4.69) is 38.8 Å². The van der Waals surface area contributed by atoms with Crippen LogP contribution in [0.1, 0.15) is 22.8 Å². The molecule has 0 bridgehead atoms. The molecule has 2 aromatic heterocycles. The first-order valence-electron chi connectivity index (χ1n) is 8.46. The Labute approximate surface area is 156 Å². The monoisotopic (exact) mass is 361 g/mol. The number of aryl methyl sites for hydroxylation is 3. The second kappa shape index (κ2) is 6.88. The zero-order valence-electron chi connectivity index (χ0n) is 15.0. The Hall–Kier alpha value is -2.73. The van der Waals surface area contributed by atoms with Crippen molar-refractivity contribution in [2.24, 2.45) is 0 Å². The maximum Gasteiger partial charge on any atom is 0.196 e. The molecule has 0 saturated heterocycles. The summed E-state index contributed by atoms with van der Waals surface area (Å²) in [4.78, 5) is 9.44. The van der Waals surface area contributed by atoms with Crippen molar-refractivity contribution < 1.29 is 0 Å². The van der Waals surface area contributed by atoms with Crippen LogP contribution < -0.4 is 0 Å². The molecule has 4 aromatic rings.